The van der Waals surface area contributed by atoms with Gasteiger partial charge in [-0.2, -0.15) is 0 Å². The quantitative estimate of drug-likeness (QED) is 0.579. The van der Waals surface area contributed by atoms with Crippen LogP contribution in [0.5, 0.6) is 5.75 Å². The monoisotopic (exact) mass is 318 g/mol. The minimum atomic E-state index is 0.452. The molecule has 0 spiro atoms. The van der Waals surface area contributed by atoms with Crippen molar-refractivity contribution in [1.29, 1.82) is 0 Å². The van der Waals surface area contributed by atoms with Crippen LogP contribution in [0.15, 0.2) is 24.3 Å². The molecule has 1 aliphatic rings. The maximum absolute atomic E-state index is 10.5. The molecule has 1 aromatic rings. The second kappa shape index (κ2) is 13.2. The van der Waals surface area contributed by atoms with Gasteiger partial charge in [-0.05, 0) is 37.3 Å². The molecule has 2 rings (SSSR count). The molecule has 1 aromatic carbocycles. The lowest BCUT2D eigenvalue weighted by atomic mass is 10.00. The molecule has 0 unspecified atom stereocenters. The van der Waals surface area contributed by atoms with Crippen molar-refractivity contribution in [3.63, 3.8) is 0 Å². The van der Waals surface area contributed by atoms with Gasteiger partial charge in [0.15, 0.2) is 0 Å². The van der Waals surface area contributed by atoms with Gasteiger partial charge in [0.2, 0.25) is 0 Å². The van der Waals surface area contributed by atoms with Crippen LogP contribution < -0.4 is 0 Å². The molecule has 0 atom stereocenters. The molecule has 0 radical (unpaired) electrons. The van der Waals surface area contributed by atoms with Crippen LogP contribution in [0.4, 0.5) is 0 Å². The zero-order valence-electron chi connectivity index (χ0n) is 14.9. The zero-order chi connectivity index (χ0) is 16.8. The maximum atomic E-state index is 10.5. The van der Waals surface area contributed by atoms with Crippen molar-refractivity contribution in [3.8, 4) is 5.75 Å². The second-order valence-corrected chi connectivity index (χ2v) is 6.60. The molecule has 1 aliphatic carbocycles. The Labute approximate surface area is 142 Å². The van der Waals surface area contributed by atoms with Gasteiger partial charge in [0.25, 0.3) is 0 Å². The van der Waals surface area contributed by atoms with Crippen LogP contribution in [0, 0.1) is 0 Å². The predicted molar refractivity (Wildman–Crippen MR) is 97.9 cm³/mol. The summed E-state index contributed by atoms with van der Waals surface area (Å²) in [5, 5.41) is 9.58. The summed E-state index contributed by atoms with van der Waals surface area (Å²) in [4.78, 5) is 10.5. The summed E-state index contributed by atoms with van der Waals surface area (Å²) in [6.07, 6.45) is 15.5. The average Bonchev–Trinajstić information content (AvgIpc) is 2.57. The van der Waals surface area contributed by atoms with Gasteiger partial charge >= 0.3 is 0 Å². The first-order valence-electron chi connectivity index (χ1n) is 9.52. The molecule has 1 N–H and O–H groups in total. The fourth-order valence-corrected chi connectivity index (χ4v) is 2.94. The molecule has 0 heterocycles. The van der Waals surface area contributed by atoms with Gasteiger partial charge in [-0.15, -0.1) is 0 Å². The minimum absolute atomic E-state index is 0.452. The summed E-state index contributed by atoms with van der Waals surface area (Å²) in [5.74, 6) is 0.916. The van der Waals surface area contributed by atoms with Gasteiger partial charge in [-0.3, -0.25) is 4.79 Å². The fourth-order valence-electron chi connectivity index (χ4n) is 2.94. The van der Waals surface area contributed by atoms with E-state index in [-0.39, 0.29) is 0 Å². The fraction of sp³-hybridized carbons (Fsp3) is 0.667. The number of aryl methyl sites for hydroxylation is 1. The van der Waals surface area contributed by atoms with Crippen molar-refractivity contribution in [2.45, 2.75) is 90.4 Å². The maximum Gasteiger partial charge on any atom is 0.132 e. The summed E-state index contributed by atoms with van der Waals surface area (Å²) in [7, 11) is 0. The number of carbonyl (C=O) groups excluding carboxylic acids is 1. The Morgan fingerprint density at radius 2 is 1.48 bits per heavy atom. The number of hydrogen-bond donors (Lipinski definition) is 1. The molecule has 2 heteroatoms. The number of carbonyl (C=O) groups is 1. The molecule has 0 amide bonds. The number of hydrogen-bond acceptors (Lipinski definition) is 2. The molecule has 2 nitrogen and oxygen atoms in total. The van der Waals surface area contributed by atoms with Crippen molar-refractivity contribution in [1.82, 2.24) is 0 Å². The first-order valence-corrected chi connectivity index (χ1v) is 9.52. The molecule has 130 valence electrons. The second-order valence-electron chi connectivity index (χ2n) is 6.60. The van der Waals surface area contributed by atoms with Crippen LogP contribution in [-0.2, 0) is 11.2 Å². The number of para-hydroxylation sites is 1. The van der Waals surface area contributed by atoms with E-state index in [0.717, 1.165) is 37.7 Å². The number of Topliss-reactive ketones (excluding diaryl/α,β-unsaturated/α-hetero) is 1. The van der Waals surface area contributed by atoms with E-state index in [4.69, 9.17) is 0 Å². The number of phenolic OH excluding ortho intramolecular Hbond substituents is 1. The third-order valence-corrected chi connectivity index (χ3v) is 4.45. The highest BCUT2D eigenvalue weighted by Crippen LogP contribution is 2.18. The summed E-state index contributed by atoms with van der Waals surface area (Å²) in [5.41, 5.74) is 1.09. The molecule has 1 saturated carbocycles. The van der Waals surface area contributed by atoms with Crippen LogP contribution in [-0.4, -0.2) is 10.9 Å². The number of phenols is 1. The smallest absolute Gasteiger partial charge is 0.132 e. The van der Waals surface area contributed by atoms with E-state index in [2.05, 4.69) is 6.92 Å². The highest BCUT2D eigenvalue weighted by atomic mass is 16.3. The third kappa shape index (κ3) is 10.1. The van der Waals surface area contributed by atoms with Crippen LogP contribution in [0.25, 0.3) is 0 Å². The molecule has 23 heavy (non-hydrogen) atoms. The summed E-state index contributed by atoms with van der Waals surface area (Å²) in [6.45, 7) is 2.25. The van der Waals surface area contributed by atoms with Gasteiger partial charge in [-0.25, -0.2) is 0 Å². The van der Waals surface area contributed by atoms with E-state index in [9.17, 15) is 9.90 Å². The van der Waals surface area contributed by atoms with Gasteiger partial charge in [-0.1, -0.05) is 70.1 Å². The summed E-state index contributed by atoms with van der Waals surface area (Å²) >= 11 is 0. The molecule has 0 bridgehead atoms. The largest absolute Gasteiger partial charge is 0.508 e. The summed E-state index contributed by atoms with van der Waals surface area (Å²) in [6, 6.07) is 7.67. The number of benzene rings is 1. The zero-order valence-corrected chi connectivity index (χ0v) is 14.9. The van der Waals surface area contributed by atoms with Crippen molar-refractivity contribution >= 4 is 5.78 Å². The predicted octanol–water partition coefficient (Wildman–Crippen LogP) is 6.20. The Morgan fingerprint density at radius 3 is 2.04 bits per heavy atom. The number of rotatable bonds is 8. The van der Waals surface area contributed by atoms with Crippen LogP contribution in [0.1, 0.15) is 89.5 Å². The normalized spacial score (nSPS) is 14.2. The lowest BCUT2D eigenvalue weighted by Crippen LogP contribution is -2.02. The van der Waals surface area contributed by atoms with Gasteiger partial charge in [0.1, 0.15) is 11.5 Å². The Hall–Kier alpha value is -1.31. The Balaban J connectivity index is 0.000000313. The first-order chi connectivity index (χ1) is 11.2. The molecule has 0 aromatic heterocycles. The Kier molecular flexibility index (Phi) is 11.3. The lowest BCUT2D eigenvalue weighted by Gasteiger charge is -2.05. The van der Waals surface area contributed by atoms with E-state index < -0.39 is 0 Å². The number of aromatic hydroxyl groups is 1. The topological polar surface area (TPSA) is 37.3 Å². The van der Waals surface area contributed by atoms with E-state index in [1.54, 1.807) is 6.07 Å². The van der Waals surface area contributed by atoms with Crippen LogP contribution in [0.2, 0.25) is 0 Å². The Morgan fingerprint density at radius 1 is 0.870 bits per heavy atom. The number of ketones is 1. The van der Waals surface area contributed by atoms with E-state index in [1.165, 1.54) is 51.4 Å². The van der Waals surface area contributed by atoms with E-state index in [1.807, 2.05) is 18.2 Å². The van der Waals surface area contributed by atoms with Crippen molar-refractivity contribution < 1.29 is 9.90 Å². The van der Waals surface area contributed by atoms with Crippen molar-refractivity contribution in [2.75, 3.05) is 0 Å². The van der Waals surface area contributed by atoms with Crippen LogP contribution >= 0.6 is 0 Å². The minimum Gasteiger partial charge on any atom is -0.508 e. The van der Waals surface area contributed by atoms with Gasteiger partial charge in [0, 0.05) is 12.8 Å². The molecule has 0 aliphatic heterocycles. The van der Waals surface area contributed by atoms with Gasteiger partial charge < -0.3 is 5.11 Å². The van der Waals surface area contributed by atoms with E-state index in [0.29, 0.717) is 11.5 Å². The summed E-state index contributed by atoms with van der Waals surface area (Å²) < 4.78 is 0. The first kappa shape index (κ1) is 19.7. The van der Waals surface area contributed by atoms with Gasteiger partial charge in [0.05, 0.1) is 0 Å². The molecular formula is C21H34O2. The molecular weight excluding hydrogens is 284 g/mol. The SMILES string of the molecule is CCCCCCCCCc1ccccc1O.O=C1CCCCC1. The molecule has 1 fully saturated rings. The highest BCUT2D eigenvalue weighted by Gasteiger charge is 2.06. The third-order valence-electron chi connectivity index (χ3n) is 4.45. The van der Waals surface area contributed by atoms with Crippen molar-refractivity contribution in [2.24, 2.45) is 0 Å². The standard InChI is InChI=1S/C15H24O.C6H10O/c1-2-3-4-5-6-7-8-11-14-12-9-10-13-15(14)16;7-6-4-2-1-3-5-6/h9-10,12-13,16H,2-8,11H2,1H3;1-5H2. The Bertz CT molecular complexity index is 418. The lowest BCUT2D eigenvalue weighted by molar-refractivity contribution is -0.120. The van der Waals surface area contributed by atoms with Crippen LogP contribution in [0.3, 0.4) is 0 Å². The van der Waals surface area contributed by atoms with E-state index >= 15 is 0 Å². The average molecular weight is 319 g/mol. The number of unbranched alkanes of at least 4 members (excludes halogenated alkanes) is 6. The molecule has 0 saturated heterocycles. The highest BCUT2D eigenvalue weighted by molar-refractivity contribution is 5.78. The van der Waals surface area contributed by atoms with Crippen molar-refractivity contribution in [3.05, 3.63) is 29.8 Å².